The fourth-order valence-corrected chi connectivity index (χ4v) is 3.33. The molecule has 1 heterocycles. The van der Waals surface area contributed by atoms with Crippen LogP contribution in [0.3, 0.4) is 0 Å². The van der Waals surface area contributed by atoms with Gasteiger partial charge in [-0.2, -0.15) is 0 Å². The molecule has 0 aromatic heterocycles. The Bertz CT molecular complexity index is 250. The number of likely N-dealkylation sites (tertiary alicyclic amines) is 1. The zero-order valence-electron chi connectivity index (χ0n) is 14.7. The second kappa shape index (κ2) is 9.04. The highest BCUT2D eigenvalue weighted by Crippen LogP contribution is 2.24. The first-order valence-electron chi connectivity index (χ1n) is 8.94. The van der Waals surface area contributed by atoms with Crippen molar-refractivity contribution in [3.8, 4) is 0 Å². The lowest BCUT2D eigenvalue weighted by molar-refractivity contribution is 0.150. The number of rotatable bonds is 9. The van der Waals surface area contributed by atoms with Crippen LogP contribution in [-0.4, -0.2) is 37.1 Å². The highest BCUT2D eigenvalue weighted by molar-refractivity contribution is 4.82. The predicted molar refractivity (Wildman–Crippen MR) is 90.2 cm³/mol. The maximum atomic E-state index is 3.84. The third-order valence-electron chi connectivity index (χ3n) is 5.06. The number of nitrogens with one attached hydrogen (secondary N) is 1. The summed E-state index contributed by atoms with van der Waals surface area (Å²) in [4.78, 5) is 2.61. The summed E-state index contributed by atoms with van der Waals surface area (Å²) >= 11 is 0. The van der Waals surface area contributed by atoms with Crippen molar-refractivity contribution < 1.29 is 0 Å². The van der Waals surface area contributed by atoms with Crippen LogP contribution < -0.4 is 5.32 Å². The number of hydrogen-bond donors (Lipinski definition) is 1. The summed E-state index contributed by atoms with van der Waals surface area (Å²) in [5.74, 6) is 0.843. The quantitative estimate of drug-likeness (QED) is 0.634. The smallest absolute Gasteiger partial charge is 0.00794 e. The Morgan fingerprint density at radius 3 is 2.65 bits per heavy atom. The molecular formula is C18H38N2. The van der Waals surface area contributed by atoms with Gasteiger partial charge in [-0.3, -0.25) is 0 Å². The molecular weight excluding hydrogens is 244 g/mol. The van der Waals surface area contributed by atoms with Crippen LogP contribution in [0.5, 0.6) is 0 Å². The van der Waals surface area contributed by atoms with Crippen molar-refractivity contribution in [1.82, 2.24) is 10.2 Å². The standard InChI is InChI=1S/C18H38N2/c1-6-8-9-12-18(4,5)15-19-16(3)17-11-10-13-20(7-2)14-17/h16-17,19H,6-15H2,1-5H3. The van der Waals surface area contributed by atoms with Gasteiger partial charge in [0.05, 0.1) is 0 Å². The van der Waals surface area contributed by atoms with E-state index in [2.05, 4.69) is 44.8 Å². The van der Waals surface area contributed by atoms with E-state index in [4.69, 9.17) is 0 Å². The largest absolute Gasteiger partial charge is 0.313 e. The minimum absolute atomic E-state index is 0.447. The molecule has 120 valence electrons. The zero-order valence-corrected chi connectivity index (χ0v) is 14.7. The maximum Gasteiger partial charge on any atom is 0.00794 e. The van der Waals surface area contributed by atoms with Gasteiger partial charge in [0.25, 0.3) is 0 Å². The van der Waals surface area contributed by atoms with Gasteiger partial charge in [0.2, 0.25) is 0 Å². The monoisotopic (exact) mass is 282 g/mol. The normalized spacial score (nSPS) is 22.9. The van der Waals surface area contributed by atoms with Crippen molar-refractivity contribution in [2.24, 2.45) is 11.3 Å². The fourth-order valence-electron chi connectivity index (χ4n) is 3.33. The Morgan fingerprint density at radius 2 is 2.00 bits per heavy atom. The van der Waals surface area contributed by atoms with Gasteiger partial charge in [-0.05, 0) is 50.6 Å². The SMILES string of the molecule is CCCCCC(C)(C)CNC(C)C1CCCN(CC)C1. The summed E-state index contributed by atoms with van der Waals surface area (Å²) in [6.45, 7) is 16.8. The molecule has 0 saturated carbocycles. The molecule has 0 aromatic rings. The Kier molecular flexibility index (Phi) is 8.13. The van der Waals surface area contributed by atoms with Crippen molar-refractivity contribution >= 4 is 0 Å². The molecule has 1 N–H and O–H groups in total. The lowest BCUT2D eigenvalue weighted by Gasteiger charge is -2.37. The van der Waals surface area contributed by atoms with Crippen molar-refractivity contribution in [1.29, 1.82) is 0 Å². The molecule has 1 aliphatic heterocycles. The van der Waals surface area contributed by atoms with E-state index in [0.29, 0.717) is 11.5 Å². The Labute approximate surface area is 127 Å². The molecule has 1 aliphatic rings. The van der Waals surface area contributed by atoms with Crippen molar-refractivity contribution in [3.63, 3.8) is 0 Å². The summed E-state index contributed by atoms with van der Waals surface area (Å²) in [5, 5.41) is 3.84. The van der Waals surface area contributed by atoms with Gasteiger partial charge in [-0.1, -0.05) is 47.0 Å². The molecule has 0 aliphatic carbocycles. The summed E-state index contributed by atoms with van der Waals surface area (Å²) in [6.07, 6.45) is 8.23. The highest BCUT2D eigenvalue weighted by Gasteiger charge is 2.25. The number of hydrogen-bond acceptors (Lipinski definition) is 2. The van der Waals surface area contributed by atoms with E-state index < -0.39 is 0 Å². The fraction of sp³-hybridized carbons (Fsp3) is 1.00. The first-order valence-corrected chi connectivity index (χ1v) is 8.94. The van der Waals surface area contributed by atoms with Crippen molar-refractivity contribution in [2.45, 2.75) is 79.2 Å². The van der Waals surface area contributed by atoms with Gasteiger partial charge in [-0.25, -0.2) is 0 Å². The Balaban J connectivity index is 2.28. The van der Waals surface area contributed by atoms with Crippen LogP contribution in [0.25, 0.3) is 0 Å². The van der Waals surface area contributed by atoms with E-state index >= 15 is 0 Å². The van der Waals surface area contributed by atoms with Gasteiger partial charge in [0.1, 0.15) is 0 Å². The van der Waals surface area contributed by atoms with E-state index in [1.54, 1.807) is 0 Å². The van der Waals surface area contributed by atoms with Crippen molar-refractivity contribution in [3.05, 3.63) is 0 Å². The summed E-state index contributed by atoms with van der Waals surface area (Å²) in [5.41, 5.74) is 0.447. The molecule has 1 rings (SSSR count). The number of piperidine rings is 1. The second-order valence-corrected chi connectivity index (χ2v) is 7.59. The molecule has 0 amide bonds. The molecule has 1 saturated heterocycles. The minimum atomic E-state index is 0.447. The van der Waals surface area contributed by atoms with E-state index in [1.165, 1.54) is 64.7 Å². The van der Waals surface area contributed by atoms with Crippen molar-refractivity contribution in [2.75, 3.05) is 26.2 Å². The highest BCUT2D eigenvalue weighted by atomic mass is 15.1. The summed E-state index contributed by atoms with van der Waals surface area (Å²) in [6, 6.07) is 0.662. The molecule has 2 nitrogen and oxygen atoms in total. The third-order valence-corrected chi connectivity index (χ3v) is 5.06. The molecule has 0 bridgehead atoms. The van der Waals surface area contributed by atoms with Gasteiger partial charge >= 0.3 is 0 Å². The van der Waals surface area contributed by atoms with Crippen LogP contribution in [0.4, 0.5) is 0 Å². The van der Waals surface area contributed by atoms with Crippen LogP contribution in [0.15, 0.2) is 0 Å². The van der Waals surface area contributed by atoms with Crippen LogP contribution in [-0.2, 0) is 0 Å². The average Bonchev–Trinajstić information content (AvgIpc) is 2.45. The topological polar surface area (TPSA) is 15.3 Å². The molecule has 0 aromatic carbocycles. The number of nitrogens with zero attached hydrogens (tertiary/aromatic N) is 1. The Hall–Kier alpha value is -0.0800. The molecule has 2 heteroatoms. The second-order valence-electron chi connectivity index (χ2n) is 7.59. The van der Waals surface area contributed by atoms with Crippen LogP contribution >= 0.6 is 0 Å². The van der Waals surface area contributed by atoms with E-state index in [1.807, 2.05) is 0 Å². The lowest BCUT2D eigenvalue weighted by Crippen LogP contribution is -2.46. The predicted octanol–water partition coefficient (Wildman–Crippen LogP) is 4.30. The minimum Gasteiger partial charge on any atom is -0.313 e. The van der Waals surface area contributed by atoms with E-state index in [9.17, 15) is 0 Å². The van der Waals surface area contributed by atoms with Gasteiger partial charge in [0, 0.05) is 19.1 Å². The van der Waals surface area contributed by atoms with Crippen LogP contribution in [0.2, 0.25) is 0 Å². The average molecular weight is 283 g/mol. The van der Waals surface area contributed by atoms with Gasteiger partial charge < -0.3 is 10.2 Å². The van der Waals surface area contributed by atoms with E-state index in [0.717, 1.165) is 5.92 Å². The molecule has 0 spiro atoms. The maximum absolute atomic E-state index is 3.84. The Morgan fingerprint density at radius 1 is 1.25 bits per heavy atom. The zero-order chi connectivity index (χ0) is 15.0. The van der Waals surface area contributed by atoms with E-state index in [-0.39, 0.29) is 0 Å². The molecule has 20 heavy (non-hydrogen) atoms. The lowest BCUT2D eigenvalue weighted by atomic mass is 9.85. The first kappa shape index (κ1) is 18.0. The number of unbranched alkanes of at least 4 members (excludes halogenated alkanes) is 2. The van der Waals surface area contributed by atoms with Gasteiger partial charge in [0.15, 0.2) is 0 Å². The summed E-state index contributed by atoms with van der Waals surface area (Å²) < 4.78 is 0. The molecule has 2 atom stereocenters. The first-order chi connectivity index (χ1) is 9.48. The molecule has 0 radical (unpaired) electrons. The van der Waals surface area contributed by atoms with Crippen LogP contribution in [0.1, 0.15) is 73.1 Å². The molecule has 1 fully saturated rings. The van der Waals surface area contributed by atoms with Crippen LogP contribution in [0, 0.1) is 11.3 Å². The third kappa shape index (κ3) is 6.58. The van der Waals surface area contributed by atoms with Gasteiger partial charge in [-0.15, -0.1) is 0 Å². The summed E-state index contributed by atoms with van der Waals surface area (Å²) in [7, 11) is 0. The molecule has 2 unspecified atom stereocenters.